The fourth-order valence-corrected chi connectivity index (χ4v) is 4.03. The van der Waals surface area contributed by atoms with Crippen molar-refractivity contribution in [2.24, 2.45) is 0 Å². The third-order valence-corrected chi connectivity index (χ3v) is 6.42. The van der Waals surface area contributed by atoms with Gasteiger partial charge in [-0.15, -0.1) is 0 Å². The van der Waals surface area contributed by atoms with Crippen molar-refractivity contribution in [2.45, 2.75) is 148 Å². The molecule has 0 aromatic carbocycles. The van der Waals surface area contributed by atoms with E-state index in [1.807, 2.05) is 0 Å². The van der Waals surface area contributed by atoms with E-state index in [1.165, 1.54) is 122 Å². The molecule has 0 bridgehead atoms. The highest BCUT2D eigenvalue weighted by molar-refractivity contribution is 4.71. The number of aliphatic hydroxyl groups is 1. The number of hydrogen-bond acceptors (Lipinski definition) is 4. The van der Waals surface area contributed by atoms with Crippen molar-refractivity contribution in [1.29, 1.82) is 0 Å². The predicted octanol–water partition coefficient (Wildman–Crippen LogP) is 7.60. The minimum absolute atomic E-state index is 0.374. The Hall–Kier alpha value is -0.160. The third kappa shape index (κ3) is 24.5. The molecule has 0 spiro atoms. The van der Waals surface area contributed by atoms with Crippen molar-refractivity contribution in [2.75, 3.05) is 33.0 Å². The highest BCUT2D eigenvalue weighted by atomic mass is 16.6. The van der Waals surface area contributed by atoms with Crippen molar-refractivity contribution < 1.29 is 19.3 Å². The van der Waals surface area contributed by atoms with Crippen LogP contribution in [0, 0.1) is 0 Å². The Morgan fingerprint density at radius 3 is 1.06 bits per heavy atom. The number of ether oxygens (including phenoxy) is 3. The van der Waals surface area contributed by atoms with Gasteiger partial charge < -0.3 is 19.3 Å². The van der Waals surface area contributed by atoms with E-state index in [0.29, 0.717) is 18.8 Å². The number of epoxide rings is 2. The Labute approximate surface area is 200 Å². The molecule has 0 aromatic heterocycles. The number of hydrogen-bond donors (Lipinski definition) is 1. The van der Waals surface area contributed by atoms with Crippen molar-refractivity contribution in [3.8, 4) is 0 Å². The number of unbranched alkanes of at least 4 members (excludes halogenated alkanes) is 19. The summed E-state index contributed by atoms with van der Waals surface area (Å²) < 4.78 is 15.1. The van der Waals surface area contributed by atoms with Crippen LogP contribution >= 0.6 is 0 Å². The Kier molecular flexibility index (Phi) is 22.4. The second kappa shape index (κ2) is 24.0. The highest BCUT2D eigenvalue weighted by Crippen LogP contribution is 2.15. The molecule has 0 aromatic rings. The van der Waals surface area contributed by atoms with Gasteiger partial charge >= 0.3 is 0 Å². The van der Waals surface area contributed by atoms with Gasteiger partial charge in [0.15, 0.2) is 0 Å². The summed E-state index contributed by atoms with van der Waals surface area (Å²) in [6, 6.07) is 0. The zero-order valence-electron chi connectivity index (χ0n) is 21.5. The Bertz CT molecular complexity index is 323. The summed E-state index contributed by atoms with van der Waals surface area (Å²) in [6.07, 6.45) is 28.9. The normalized spacial score (nSPS) is 18.9. The van der Waals surface area contributed by atoms with Gasteiger partial charge in [-0.25, -0.2) is 0 Å². The summed E-state index contributed by atoms with van der Waals surface area (Å²) in [5.41, 5.74) is 0. The quantitative estimate of drug-likeness (QED) is 0.120. The van der Waals surface area contributed by atoms with Crippen LogP contribution in [0.25, 0.3) is 0 Å². The molecule has 32 heavy (non-hydrogen) atoms. The van der Waals surface area contributed by atoms with E-state index in [0.717, 1.165) is 32.8 Å². The SMILES string of the molecule is C(OCC1CO1)C1CO1.CCCCCCCCCCCCCCCCCCCCCCO. The van der Waals surface area contributed by atoms with E-state index in [1.54, 1.807) is 0 Å². The lowest BCUT2D eigenvalue weighted by atomic mass is 10.0. The van der Waals surface area contributed by atoms with E-state index >= 15 is 0 Å². The maximum absolute atomic E-state index is 8.71. The van der Waals surface area contributed by atoms with E-state index in [4.69, 9.17) is 19.3 Å². The second-order valence-corrected chi connectivity index (χ2v) is 9.89. The molecule has 192 valence electrons. The fraction of sp³-hybridized carbons (Fsp3) is 1.00. The first-order valence-corrected chi connectivity index (χ1v) is 14.3. The van der Waals surface area contributed by atoms with Gasteiger partial charge in [-0.3, -0.25) is 0 Å². The third-order valence-electron chi connectivity index (χ3n) is 6.42. The van der Waals surface area contributed by atoms with Gasteiger partial charge in [0.25, 0.3) is 0 Å². The molecule has 0 saturated carbocycles. The first kappa shape index (κ1) is 29.9. The van der Waals surface area contributed by atoms with Crippen molar-refractivity contribution in [1.82, 2.24) is 0 Å². The fourth-order valence-electron chi connectivity index (χ4n) is 4.03. The average Bonchev–Trinajstić information content (AvgIpc) is 3.72. The first-order chi connectivity index (χ1) is 15.9. The van der Waals surface area contributed by atoms with Gasteiger partial charge in [0, 0.05) is 6.61 Å². The smallest absolute Gasteiger partial charge is 0.104 e. The van der Waals surface area contributed by atoms with Gasteiger partial charge in [-0.1, -0.05) is 129 Å². The van der Waals surface area contributed by atoms with E-state index in [9.17, 15) is 0 Å². The summed E-state index contributed by atoms with van der Waals surface area (Å²) >= 11 is 0. The molecule has 4 nitrogen and oxygen atoms in total. The highest BCUT2D eigenvalue weighted by Gasteiger charge is 2.26. The number of rotatable bonds is 24. The maximum Gasteiger partial charge on any atom is 0.104 e. The molecule has 2 heterocycles. The molecular weight excluding hydrogens is 400 g/mol. The summed E-state index contributed by atoms with van der Waals surface area (Å²) in [4.78, 5) is 0. The van der Waals surface area contributed by atoms with Crippen LogP contribution in [0.1, 0.15) is 135 Å². The lowest BCUT2D eigenvalue weighted by Gasteiger charge is -2.03. The molecule has 2 aliphatic heterocycles. The van der Waals surface area contributed by atoms with E-state index in [2.05, 4.69) is 6.92 Å². The molecule has 0 radical (unpaired) electrons. The second-order valence-electron chi connectivity index (χ2n) is 9.89. The Balaban J connectivity index is 0.000000461. The molecule has 4 heteroatoms. The van der Waals surface area contributed by atoms with Crippen LogP contribution in [0.2, 0.25) is 0 Å². The van der Waals surface area contributed by atoms with E-state index < -0.39 is 0 Å². The lowest BCUT2D eigenvalue weighted by molar-refractivity contribution is 0.102. The minimum Gasteiger partial charge on any atom is -0.396 e. The zero-order chi connectivity index (χ0) is 23.0. The van der Waals surface area contributed by atoms with Gasteiger partial charge in [0.05, 0.1) is 26.4 Å². The zero-order valence-corrected chi connectivity index (χ0v) is 21.5. The molecule has 2 aliphatic rings. The van der Waals surface area contributed by atoms with Gasteiger partial charge in [0.1, 0.15) is 12.2 Å². The molecular formula is C28H56O4. The van der Waals surface area contributed by atoms with Crippen LogP contribution in [0.15, 0.2) is 0 Å². The molecule has 2 saturated heterocycles. The van der Waals surface area contributed by atoms with Gasteiger partial charge in [0.2, 0.25) is 0 Å². The molecule has 2 fully saturated rings. The van der Waals surface area contributed by atoms with Gasteiger partial charge in [-0.2, -0.15) is 0 Å². The molecule has 0 aliphatic carbocycles. The largest absolute Gasteiger partial charge is 0.396 e. The lowest BCUT2D eigenvalue weighted by Crippen LogP contribution is -2.06. The first-order valence-electron chi connectivity index (χ1n) is 14.3. The Morgan fingerprint density at radius 2 is 0.812 bits per heavy atom. The predicted molar refractivity (Wildman–Crippen MR) is 135 cm³/mol. The maximum atomic E-state index is 8.71. The molecule has 2 unspecified atom stereocenters. The van der Waals surface area contributed by atoms with Crippen molar-refractivity contribution in [3.05, 3.63) is 0 Å². The molecule has 2 rings (SSSR count). The van der Waals surface area contributed by atoms with Crippen molar-refractivity contribution in [3.63, 3.8) is 0 Å². The molecule has 2 atom stereocenters. The van der Waals surface area contributed by atoms with Crippen LogP contribution in [0.5, 0.6) is 0 Å². The van der Waals surface area contributed by atoms with Crippen LogP contribution in [-0.4, -0.2) is 50.3 Å². The molecule has 1 N–H and O–H groups in total. The molecule has 0 amide bonds. The van der Waals surface area contributed by atoms with Crippen LogP contribution < -0.4 is 0 Å². The standard InChI is InChI=1S/C22H46O.C6H10O3/c1-2-3-4-5-6-7-8-9-10-11-12-13-14-15-16-17-18-19-20-21-22-23;1(5-3-8-5)7-2-6-4-9-6/h23H,2-22H2,1H3;5-6H,1-4H2. The average molecular weight is 457 g/mol. The minimum atomic E-state index is 0.374. The number of aliphatic hydroxyl groups excluding tert-OH is 1. The summed E-state index contributed by atoms with van der Waals surface area (Å²) in [7, 11) is 0. The summed E-state index contributed by atoms with van der Waals surface area (Å²) in [5, 5.41) is 8.71. The summed E-state index contributed by atoms with van der Waals surface area (Å²) in [6.45, 7) is 5.93. The monoisotopic (exact) mass is 456 g/mol. The Morgan fingerprint density at radius 1 is 0.531 bits per heavy atom. The van der Waals surface area contributed by atoms with E-state index in [-0.39, 0.29) is 0 Å². The van der Waals surface area contributed by atoms with Crippen molar-refractivity contribution >= 4 is 0 Å². The summed E-state index contributed by atoms with van der Waals surface area (Å²) in [5.74, 6) is 0. The van der Waals surface area contributed by atoms with Crippen LogP contribution in [0.4, 0.5) is 0 Å². The van der Waals surface area contributed by atoms with Crippen LogP contribution in [0.3, 0.4) is 0 Å². The topological polar surface area (TPSA) is 54.5 Å². The van der Waals surface area contributed by atoms with Gasteiger partial charge in [-0.05, 0) is 6.42 Å². The van der Waals surface area contributed by atoms with Crippen LogP contribution in [-0.2, 0) is 14.2 Å².